The molecule has 3 N–H and O–H groups in total. The Balaban J connectivity index is 1.96. The summed E-state index contributed by atoms with van der Waals surface area (Å²) in [5.41, 5.74) is 7.06. The second kappa shape index (κ2) is 5.12. The van der Waals surface area contributed by atoms with Crippen molar-refractivity contribution in [3.63, 3.8) is 0 Å². The number of carbonyl (C=O) groups is 1. The number of nitrogens with two attached hydrogens (primary N) is 1. The number of urea groups is 1. The minimum Gasteiger partial charge on any atom is -0.399 e. The number of rotatable bonds is 1. The number of amides is 2. The molecule has 0 saturated carbocycles. The van der Waals surface area contributed by atoms with Crippen molar-refractivity contribution in [2.24, 2.45) is 0 Å². The maximum atomic E-state index is 11.8. The quantitative estimate of drug-likeness (QED) is 0.733. The van der Waals surface area contributed by atoms with E-state index in [1.165, 1.54) is 0 Å². The van der Waals surface area contributed by atoms with Gasteiger partial charge in [0.1, 0.15) is 0 Å². The van der Waals surface area contributed by atoms with Gasteiger partial charge in [-0.25, -0.2) is 4.79 Å². The number of anilines is 2. The van der Waals surface area contributed by atoms with E-state index in [0.717, 1.165) is 30.3 Å². The minimum absolute atomic E-state index is 0.0362. The molecule has 86 valence electrons. The average molecular weight is 237 g/mol. The van der Waals surface area contributed by atoms with Crippen LogP contribution in [0.25, 0.3) is 0 Å². The molecule has 0 atom stereocenters. The van der Waals surface area contributed by atoms with Crippen LogP contribution in [0.4, 0.5) is 16.2 Å². The molecule has 0 spiro atoms. The molecule has 1 aromatic rings. The first-order valence-electron chi connectivity index (χ1n) is 5.25. The van der Waals surface area contributed by atoms with Crippen LogP contribution in [0.5, 0.6) is 0 Å². The largest absolute Gasteiger partial charge is 0.399 e. The van der Waals surface area contributed by atoms with Crippen molar-refractivity contribution in [3.05, 3.63) is 24.3 Å². The third kappa shape index (κ3) is 2.82. The van der Waals surface area contributed by atoms with E-state index in [1.54, 1.807) is 12.1 Å². The van der Waals surface area contributed by atoms with E-state index in [4.69, 9.17) is 5.73 Å². The second-order valence-electron chi connectivity index (χ2n) is 3.66. The van der Waals surface area contributed by atoms with Gasteiger partial charge in [-0.15, -0.1) is 0 Å². The normalized spacial score (nSPS) is 15.9. The highest BCUT2D eigenvalue weighted by molar-refractivity contribution is 7.99. The summed E-state index contributed by atoms with van der Waals surface area (Å²) in [4.78, 5) is 13.7. The number of hydrogen-bond donors (Lipinski definition) is 2. The molecule has 1 heterocycles. The van der Waals surface area contributed by atoms with Crippen LogP contribution >= 0.6 is 11.8 Å². The highest BCUT2D eigenvalue weighted by Crippen LogP contribution is 2.14. The van der Waals surface area contributed by atoms with Crippen LogP contribution in [0.3, 0.4) is 0 Å². The van der Waals surface area contributed by atoms with E-state index >= 15 is 0 Å². The van der Waals surface area contributed by atoms with Gasteiger partial charge in [0.15, 0.2) is 0 Å². The maximum Gasteiger partial charge on any atom is 0.321 e. The molecular weight excluding hydrogens is 222 g/mol. The Kier molecular flexibility index (Phi) is 3.56. The first-order valence-corrected chi connectivity index (χ1v) is 6.40. The third-order valence-electron chi connectivity index (χ3n) is 2.44. The highest BCUT2D eigenvalue weighted by Gasteiger charge is 2.16. The van der Waals surface area contributed by atoms with Gasteiger partial charge in [-0.3, -0.25) is 0 Å². The van der Waals surface area contributed by atoms with Gasteiger partial charge in [0.05, 0.1) is 0 Å². The molecule has 16 heavy (non-hydrogen) atoms. The summed E-state index contributed by atoms with van der Waals surface area (Å²) in [6.45, 7) is 1.64. The fourth-order valence-corrected chi connectivity index (χ4v) is 2.49. The predicted octanol–water partition coefficient (Wildman–Crippen LogP) is 1.85. The Morgan fingerprint density at radius 2 is 2.12 bits per heavy atom. The fraction of sp³-hybridized carbons (Fsp3) is 0.364. The summed E-state index contributed by atoms with van der Waals surface area (Å²) < 4.78 is 0. The first kappa shape index (κ1) is 11.1. The molecule has 5 heteroatoms. The lowest BCUT2D eigenvalue weighted by Gasteiger charge is -2.26. The van der Waals surface area contributed by atoms with Gasteiger partial charge in [0.25, 0.3) is 0 Å². The molecule has 1 fully saturated rings. The second-order valence-corrected chi connectivity index (χ2v) is 4.88. The van der Waals surface area contributed by atoms with Crippen molar-refractivity contribution in [1.82, 2.24) is 4.90 Å². The van der Waals surface area contributed by atoms with Crippen LogP contribution in [-0.2, 0) is 0 Å². The Hall–Kier alpha value is -1.36. The molecule has 0 aliphatic carbocycles. The zero-order chi connectivity index (χ0) is 11.4. The average Bonchev–Trinajstić information content (AvgIpc) is 2.30. The Bertz CT molecular complexity index is 377. The van der Waals surface area contributed by atoms with Crippen LogP contribution in [0.1, 0.15) is 0 Å². The smallest absolute Gasteiger partial charge is 0.321 e. The number of nitrogen functional groups attached to an aromatic ring is 1. The SMILES string of the molecule is Nc1cccc(NC(=O)N2CCSCC2)c1. The topological polar surface area (TPSA) is 58.4 Å². The molecule has 1 aliphatic heterocycles. The Morgan fingerprint density at radius 3 is 2.81 bits per heavy atom. The standard InChI is InChI=1S/C11H15N3OS/c12-9-2-1-3-10(8-9)13-11(15)14-4-6-16-7-5-14/h1-3,8H,4-7,12H2,(H,13,15). The highest BCUT2D eigenvalue weighted by atomic mass is 32.2. The lowest BCUT2D eigenvalue weighted by molar-refractivity contribution is 0.217. The molecule has 2 amide bonds. The van der Waals surface area contributed by atoms with E-state index in [0.29, 0.717) is 5.69 Å². The minimum atomic E-state index is -0.0362. The molecule has 4 nitrogen and oxygen atoms in total. The van der Waals surface area contributed by atoms with Gasteiger partial charge in [-0.1, -0.05) is 6.07 Å². The molecule has 2 rings (SSSR count). The van der Waals surface area contributed by atoms with Gasteiger partial charge in [0, 0.05) is 36.0 Å². The zero-order valence-corrected chi connectivity index (χ0v) is 9.80. The number of thioether (sulfide) groups is 1. The lowest BCUT2D eigenvalue weighted by Crippen LogP contribution is -2.40. The Labute approximate surface area is 99.2 Å². The summed E-state index contributed by atoms with van der Waals surface area (Å²) in [5.74, 6) is 2.04. The molecule has 0 radical (unpaired) electrons. The number of benzene rings is 1. The van der Waals surface area contributed by atoms with Crippen LogP contribution in [0.2, 0.25) is 0 Å². The van der Waals surface area contributed by atoms with Crippen LogP contribution in [0, 0.1) is 0 Å². The van der Waals surface area contributed by atoms with Gasteiger partial charge < -0.3 is 16.0 Å². The third-order valence-corrected chi connectivity index (χ3v) is 3.38. The van der Waals surface area contributed by atoms with E-state index in [9.17, 15) is 4.79 Å². The summed E-state index contributed by atoms with van der Waals surface area (Å²) in [6.07, 6.45) is 0. The number of carbonyl (C=O) groups excluding carboxylic acids is 1. The van der Waals surface area contributed by atoms with Crippen molar-refractivity contribution in [1.29, 1.82) is 0 Å². The van der Waals surface area contributed by atoms with E-state index in [1.807, 2.05) is 28.8 Å². The van der Waals surface area contributed by atoms with Crippen molar-refractivity contribution in [2.75, 3.05) is 35.6 Å². The van der Waals surface area contributed by atoms with Crippen molar-refractivity contribution >= 4 is 29.2 Å². The lowest BCUT2D eigenvalue weighted by atomic mass is 10.3. The van der Waals surface area contributed by atoms with Gasteiger partial charge in [0.2, 0.25) is 0 Å². The van der Waals surface area contributed by atoms with Gasteiger partial charge >= 0.3 is 6.03 Å². The molecule has 1 aliphatic rings. The van der Waals surface area contributed by atoms with E-state index in [2.05, 4.69) is 5.32 Å². The van der Waals surface area contributed by atoms with Gasteiger partial charge in [-0.05, 0) is 18.2 Å². The number of nitrogens with one attached hydrogen (secondary N) is 1. The van der Waals surface area contributed by atoms with Crippen LogP contribution in [-0.4, -0.2) is 35.5 Å². The Morgan fingerprint density at radius 1 is 1.38 bits per heavy atom. The first-order chi connectivity index (χ1) is 7.75. The molecule has 1 saturated heterocycles. The summed E-state index contributed by atoms with van der Waals surface area (Å²) >= 11 is 1.88. The van der Waals surface area contributed by atoms with Crippen molar-refractivity contribution < 1.29 is 4.79 Å². The van der Waals surface area contributed by atoms with Crippen LogP contribution < -0.4 is 11.1 Å². The summed E-state index contributed by atoms with van der Waals surface area (Å²) in [7, 11) is 0. The summed E-state index contributed by atoms with van der Waals surface area (Å²) in [6, 6.07) is 7.19. The van der Waals surface area contributed by atoms with E-state index in [-0.39, 0.29) is 6.03 Å². The fourth-order valence-electron chi connectivity index (χ4n) is 1.59. The number of hydrogen-bond acceptors (Lipinski definition) is 3. The molecule has 1 aromatic carbocycles. The zero-order valence-electron chi connectivity index (χ0n) is 8.98. The van der Waals surface area contributed by atoms with Crippen molar-refractivity contribution in [3.8, 4) is 0 Å². The molecular formula is C11H15N3OS. The molecule has 0 unspecified atom stereocenters. The maximum absolute atomic E-state index is 11.8. The summed E-state index contributed by atoms with van der Waals surface area (Å²) in [5, 5.41) is 2.85. The van der Waals surface area contributed by atoms with Crippen LogP contribution in [0.15, 0.2) is 24.3 Å². The van der Waals surface area contributed by atoms with Gasteiger partial charge in [-0.2, -0.15) is 11.8 Å². The van der Waals surface area contributed by atoms with E-state index < -0.39 is 0 Å². The molecule has 0 aromatic heterocycles. The monoisotopic (exact) mass is 237 g/mol. The van der Waals surface area contributed by atoms with Crippen molar-refractivity contribution in [2.45, 2.75) is 0 Å². The number of nitrogens with zero attached hydrogens (tertiary/aromatic N) is 1. The predicted molar refractivity (Wildman–Crippen MR) is 68.8 cm³/mol. The molecule has 0 bridgehead atoms.